The highest BCUT2D eigenvalue weighted by Gasteiger charge is 2.16. The maximum atomic E-state index is 12.3. The first-order valence-electron chi connectivity index (χ1n) is 15.1. The van der Waals surface area contributed by atoms with Crippen molar-refractivity contribution in [2.45, 2.75) is 25.9 Å². The molecule has 0 bridgehead atoms. The Labute approximate surface area is 276 Å². The third kappa shape index (κ3) is 8.04. The number of rotatable bonds is 8. The summed E-state index contributed by atoms with van der Waals surface area (Å²) in [6, 6.07) is 36.3. The molecule has 2 heterocycles. The Morgan fingerprint density at radius 2 is 0.833 bits per heavy atom. The molecule has 2 atom stereocenters. The van der Waals surface area contributed by atoms with Crippen molar-refractivity contribution < 1.29 is 29.4 Å². The number of carbonyl (C=O) groups excluding carboxylic acids is 2. The van der Waals surface area contributed by atoms with Crippen LogP contribution in [0.1, 0.15) is 79.0 Å². The van der Waals surface area contributed by atoms with E-state index in [2.05, 4.69) is 20.6 Å². The number of aromatic carboxylic acids is 2. The highest BCUT2D eigenvalue weighted by molar-refractivity contribution is 5.95. The number of amides is 2. The predicted molar refractivity (Wildman–Crippen MR) is 182 cm³/mol. The Kier molecular flexibility index (Phi) is 10.1. The van der Waals surface area contributed by atoms with Gasteiger partial charge in [-0.15, -0.1) is 0 Å². The van der Waals surface area contributed by atoms with Gasteiger partial charge in [0, 0.05) is 0 Å². The molecule has 0 aliphatic carbocycles. The van der Waals surface area contributed by atoms with E-state index in [-0.39, 0.29) is 34.9 Å². The smallest absolute Gasteiger partial charge is 0.354 e. The van der Waals surface area contributed by atoms with Gasteiger partial charge in [-0.05, 0) is 82.9 Å². The molecule has 0 saturated heterocycles. The Morgan fingerprint density at radius 1 is 0.479 bits per heavy atom. The van der Waals surface area contributed by atoms with Crippen LogP contribution in [0, 0.1) is 0 Å². The van der Waals surface area contributed by atoms with Gasteiger partial charge in [-0.3, -0.25) is 9.59 Å². The van der Waals surface area contributed by atoms with Crippen molar-refractivity contribution in [1.29, 1.82) is 0 Å². The number of carbonyl (C=O) groups is 4. The molecule has 2 aromatic heterocycles. The molecule has 2 amide bonds. The highest BCUT2D eigenvalue weighted by atomic mass is 16.4. The number of hydrogen-bond donors (Lipinski definition) is 4. The third-order valence-corrected chi connectivity index (χ3v) is 7.64. The normalized spacial score (nSPS) is 11.9. The van der Waals surface area contributed by atoms with Gasteiger partial charge in [0.1, 0.15) is 22.8 Å². The monoisotopic (exact) mass is 640 g/mol. The molecular weight excluding hydrogens is 608 g/mol. The summed E-state index contributed by atoms with van der Waals surface area (Å²) in [5.74, 6) is -3.13. The molecule has 0 radical (unpaired) electrons. The maximum Gasteiger partial charge on any atom is 0.354 e. The largest absolute Gasteiger partial charge is 0.477 e. The molecule has 240 valence electrons. The molecule has 0 fully saturated rings. The van der Waals surface area contributed by atoms with Gasteiger partial charge < -0.3 is 20.8 Å². The summed E-state index contributed by atoms with van der Waals surface area (Å²) >= 11 is 0. The van der Waals surface area contributed by atoms with Gasteiger partial charge in [0.25, 0.3) is 11.8 Å². The number of nitrogens with zero attached hydrogens (tertiary/aromatic N) is 2. The van der Waals surface area contributed by atoms with Gasteiger partial charge in [-0.2, -0.15) is 0 Å². The summed E-state index contributed by atoms with van der Waals surface area (Å²) in [6.45, 7) is 3.76. The number of fused-ring (bicyclic) bond motifs is 2. The minimum atomic E-state index is -1.16. The molecule has 48 heavy (non-hydrogen) atoms. The first kappa shape index (κ1) is 33.0. The van der Waals surface area contributed by atoms with Crippen LogP contribution in [0.4, 0.5) is 0 Å². The van der Waals surface area contributed by atoms with Crippen molar-refractivity contribution in [3.05, 3.63) is 155 Å². The maximum absolute atomic E-state index is 12.3. The fraction of sp³-hybridized carbons (Fsp3) is 0.105. The van der Waals surface area contributed by atoms with E-state index in [9.17, 15) is 19.2 Å². The van der Waals surface area contributed by atoms with E-state index in [0.717, 1.165) is 32.7 Å². The van der Waals surface area contributed by atoms with Gasteiger partial charge in [-0.1, -0.05) is 84.9 Å². The van der Waals surface area contributed by atoms with Crippen molar-refractivity contribution in [2.24, 2.45) is 0 Å². The molecule has 6 aromatic rings. The average molecular weight is 641 g/mol. The molecule has 0 aliphatic rings. The van der Waals surface area contributed by atoms with Crippen LogP contribution < -0.4 is 10.6 Å². The first-order valence-corrected chi connectivity index (χ1v) is 15.1. The van der Waals surface area contributed by atoms with Crippen LogP contribution >= 0.6 is 0 Å². The molecule has 0 aliphatic heterocycles. The fourth-order valence-corrected chi connectivity index (χ4v) is 5.02. The lowest BCUT2D eigenvalue weighted by atomic mass is 10.0. The zero-order chi connectivity index (χ0) is 34.2. The Balaban J connectivity index is 0.000000188. The number of hydrogen-bond acceptors (Lipinski definition) is 6. The third-order valence-electron chi connectivity index (χ3n) is 7.64. The van der Waals surface area contributed by atoms with E-state index in [1.165, 1.54) is 36.4 Å². The minimum absolute atomic E-state index is 0.0857. The number of pyridine rings is 2. The van der Waals surface area contributed by atoms with E-state index in [1.54, 1.807) is 0 Å². The minimum Gasteiger partial charge on any atom is -0.477 e. The molecule has 0 spiro atoms. The highest BCUT2D eigenvalue weighted by Crippen LogP contribution is 2.22. The van der Waals surface area contributed by atoms with Crippen LogP contribution in [0.2, 0.25) is 0 Å². The van der Waals surface area contributed by atoms with Gasteiger partial charge >= 0.3 is 11.9 Å². The number of carboxylic acids is 2. The lowest BCUT2D eigenvalue weighted by molar-refractivity contribution is 0.0679. The molecule has 0 unspecified atom stereocenters. The second-order valence-electron chi connectivity index (χ2n) is 11.0. The molecule has 10 heteroatoms. The van der Waals surface area contributed by atoms with Crippen LogP contribution in [0.3, 0.4) is 0 Å². The van der Waals surface area contributed by atoms with Crippen molar-refractivity contribution in [3.63, 3.8) is 0 Å². The summed E-state index contributed by atoms with van der Waals surface area (Å²) in [7, 11) is 0. The summed E-state index contributed by atoms with van der Waals surface area (Å²) in [6.07, 6.45) is 0. The summed E-state index contributed by atoms with van der Waals surface area (Å²) in [5.41, 5.74) is 1.81. The van der Waals surface area contributed by atoms with Crippen LogP contribution in [0.25, 0.3) is 21.5 Å². The summed E-state index contributed by atoms with van der Waals surface area (Å²) in [4.78, 5) is 54.2. The van der Waals surface area contributed by atoms with Gasteiger partial charge in [0.2, 0.25) is 0 Å². The van der Waals surface area contributed by atoms with Crippen molar-refractivity contribution >= 4 is 45.3 Å². The van der Waals surface area contributed by atoms with Crippen LogP contribution in [0.5, 0.6) is 0 Å². The predicted octanol–water partition coefficient (Wildman–Crippen LogP) is 6.85. The number of carboxylic acid groups (broad SMARTS) is 2. The Morgan fingerprint density at radius 3 is 1.21 bits per heavy atom. The number of aromatic nitrogens is 2. The topological polar surface area (TPSA) is 159 Å². The first-order chi connectivity index (χ1) is 23.1. The van der Waals surface area contributed by atoms with Crippen molar-refractivity contribution in [2.75, 3.05) is 0 Å². The molecule has 10 nitrogen and oxygen atoms in total. The van der Waals surface area contributed by atoms with Gasteiger partial charge in [-0.25, -0.2) is 19.6 Å². The number of benzene rings is 4. The number of nitrogens with one attached hydrogen (secondary N) is 2. The second kappa shape index (κ2) is 14.8. The van der Waals surface area contributed by atoms with Crippen molar-refractivity contribution in [1.82, 2.24) is 20.6 Å². The Hall–Kier alpha value is -6.42. The zero-order valence-electron chi connectivity index (χ0n) is 26.1. The van der Waals surface area contributed by atoms with Crippen molar-refractivity contribution in [3.8, 4) is 0 Å². The summed E-state index contributed by atoms with van der Waals surface area (Å²) in [5, 5.41) is 28.1. The van der Waals surface area contributed by atoms with E-state index in [0.29, 0.717) is 0 Å². The van der Waals surface area contributed by atoms with E-state index in [4.69, 9.17) is 10.2 Å². The van der Waals surface area contributed by atoms with E-state index < -0.39 is 23.8 Å². The standard InChI is InChI=1S/2C19H16N2O3/c2*1-12(14-10-9-13-5-2-3-6-15(13)11-14)20-18(22)16-7-4-8-17(21-16)19(23)24/h2*2-12H,1H3,(H,20,22)(H,23,24)/t2*12-/m00/s1. The SMILES string of the molecule is C[C@H](NC(=O)c1cccc(C(=O)O)n1)c1ccc2ccccc2c1.C[C@H](NC(=O)c1cccc(C(=O)O)n1)c1ccc2ccccc2c1. The lowest BCUT2D eigenvalue weighted by Crippen LogP contribution is -2.27. The molecule has 4 N–H and O–H groups in total. The van der Waals surface area contributed by atoms with E-state index in [1.807, 2.05) is 98.8 Å². The van der Waals surface area contributed by atoms with Crippen LogP contribution in [0.15, 0.2) is 121 Å². The second-order valence-corrected chi connectivity index (χ2v) is 11.0. The Bertz CT molecular complexity index is 2000. The van der Waals surface area contributed by atoms with Gasteiger partial charge in [0.15, 0.2) is 0 Å². The molecule has 0 saturated carbocycles. The average Bonchev–Trinajstić information content (AvgIpc) is 3.11. The molecule has 6 rings (SSSR count). The van der Waals surface area contributed by atoms with Crippen LogP contribution in [-0.4, -0.2) is 43.9 Å². The van der Waals surface area contributed by atoms with E-state index >= 15 is 0 Å². The lowest BCUT2D eigenvalue weighted by Gasteiger charge is -2.15. The molecular formula is C38H32N4O6. The quantitative estimate of drug-likeness (QED) is 0.141. The molecule has 4 aromatic carbocycles. The summed E-state index contributed by atoms with van der Waals surface area (Å²) < 4.78 is 0. The van der Waals surface area contributed by atoms with Gasteiger partial charge in [0.05, 0.1) is 12.1 Å². The van der Waals surface area contributed by atoms with Crippen LogP contribution in [-0.2, 0) is 0 Å². The zero-order valence-corrected chi connectivity index (χ0v) is 26.1. The fourth-order valence-electron chi connectivity index (χ4n) is 5.02.